The fraction of sp³-hybridized carbons (Fsp3) is 0.333. The number of amides is 1. The summed E-state index contributed by atoms with van der Waals surface area (Å²) in [6.07, 6.45) is 0. The molecule has 1 heterocycles. The lowest BCUT2D eigenvalue weighted by molar-refractivity contribution is 0.0695. The summed E-state index contributed by atoms with van der Waals surface area (Å²) in [6, 6.07) is 3.35. The highest BCUT2D eigenvalue weighted by atomic mass is 32.2. The van der Waals surface area contributed by atoms with Gasteiger partial charge in [-0.25, -0.2) is 17.5 Å². The molecule has 1 atom stereocenters. The van der Waals surface area contributed by atoms with E-state index in [0.29, 0.717) is 10.1 Å². The van der Waals surface area contributed by atoms with Gasteiger partial charge in [-0.1, -0.05) is 6.92 Å². The van der Waals surface area contributed by atoms with Gasteiger partial charge in [0, 0.05) is 28.9 Å². The molecule has 0 aliphatic carbocycles. The summed E-state index contributed by atoms with van der Waals surface area (Å²) in [5, 5.41) is 8.89. The van der Waals surface area contributed by atoms with Gasteiger partial charge in [0.1, 0.15) is 4.90 Å². The molecular formula is C12H13NO6S2. The van der Waals surface area contributed by atoms with E-state index in [2.05, 4.69) is 0 Å². The molecule has 1 aromatic carbocycles. The number of carboxylic acid groups (broad SMARTS) is 1. The summed E-state index contributed by atoms with van der Waals surface area (Å²) >= 11 is 0. The number of benzene rings is 1. The quantitative estimate of drug-likeness (QED) is 0.831. The van der Waals surface area contributed by atoms with Crippen molar-refractivity contribution in [3.05, 3.63) is 29.3 Å². The van der Waals surface area contributed by atoms with E-state index in [9.17, 15) is 22.2 Å². The second-order valence-electron chi connectivity index (χ2n) is 4.33. The molecule has 1 unspecified atom stereocenters. The Morgan fingerprint density at radius 2 is 2.05 bits per heavy atom. The Morgan fingerprint density at radius 1 is 1.38 bits per heavy atom. The van der Waals surface area contributed by atoms with Crippen LogP contribution in [0.25, 0.3) is 0 Å². The average molecular weight is 331 g/mol. The van der Waals surface area contributed by atoms with Gasteiger partial charge in [0.2, 0.25) is 0 Å². The normalized spacial score (nSPS) is 17.6. The van der Waals surface area contributed by atoms with Gasteiger partial charge >= 0.3 is 5.97 Å². The highest BCUT2D eigenvalue weighted by Crippen LogP contribution is 2.30. The van der Waals surface area contributed by atoms with E-state index >= 15 is 0 Å². The van der Waals surface area contributed by atoms with E-state index in [1.54, 1.807) is 6.92 Å². The van der Waals surface area contributed by atoms with Crippen LogP contribution in [0, 0.1) is 0 Å². The third-order valence-electron chi connectivity index (χ3n) is 3.10. The van der Waals surface area contributed by atoms with Crippen LogP contribution in [0.15, 0.2) is 23.1 Å². The minimum Gasteiger partial charge on any atom is -0.478 e. The largest absolute Gasteiger partial charge is 0.478 e. The van der Waals surface area contributed by atoms with Gasteiger partial charge in [0.25, 0.3) is 15.9 Å². The molecule has 1 aromatic rings. The SMILES string of the molecule is CCS(=O)CCN1C(=O)c2ccc(C(=O)O)cc2S1(=O)=O. The number of hydrogen-bond acceptors (Lipinski definition) is 5. The zero-order chi connectivity index (χ0) is 15.8. The molecule has 0 bridgehead atoms. The molecular weight excluding hydrogens is 318 g/mol. The van der Waals surface area contributed by atoms with E-state index in [0.717, 1.165) is 6.07 Å². The van der Waals surface area contributed by atoms with Crippen LogP contribution in [-0.2, 0) is 20.8 Å². The fourth-order valence-corrected chi connectivity index (χ4v) is 4.34. The van der Waals surface area contributed by atoms with Crippen molar-refractivity contribution in [1.29, 1.82) is 0 Å². The van der Waals surface area contributed by atoms with Gasteiger partial charge in [0.15, 0.2) is 0 Å². The third-order valence-corrected chi connectivity index (χ3v) is 6.20. The van der Waals surface area contributed by atoms with E-state index in [-0.39, 0.29) is 28.3 Å². The molecule has 0 saturated heterocycles. The van der Waals surface area contributed by atoms with E-state index in [1.807, 2.05) is 0 Å². The molecule has 1 aliphatic heterocycles. The highest BCUT2D eigenvalue weighted by Gasteiger charge is 2.41. The number of carbonyl (C=O) groups is 2. The maximum absolute atomic E-state index is 12.3. The number of fused-ring (bicyclic) bond motifs is 1. The molecule has 0 radical (unpaired) electrons. The molecule has 1 amide bonds. The van der Waals surface area contributed by atoms with Crippen LogP contribution < -0.4 is 0 Å². The number of hydrogen-bond donors (Lipinski definition) is 1. The highest BCUT2D eigenvalue weighted by molar-refractivity contribution is 7.90. The van der Waals surface area contributed by atoms with Crippen LogP contribution in [-0.4, -0.2) is 52.0 Å². The van der Waals surface area contributed by atoms with Crippen molar-refractivity contribution in [2.24, 2.45) is 0 Å². The number of sulfonamides is 1. The van der Waals surface area contributed by atoms with Crippen LogP contribution in [0.5, 0.6) is 0 Å². The summed E-state index contributed by atoms with van der Waals surface area (Å²) in [5.74, 6) is -1.56. The molecule has 0 fully saturated rings. The topological polar surface area (TPSA) is 109 Å². The maximum atomic E-state index is 12.3. The van der Waals surface area contributed by atoms with E-state index in [4.69, 9.17) is 5.11 Å². The van der Waals surface area contributed by atoms with Crippen molar-refractivity contribution >= 4 is 32.7 Å². The minimum atomic E-state index is -4.07. The first kappa shape index (κ1) is 15.6. The van der Waals surface area contributed by atoms with Crippen molar-refractivity contribution in [2.75, 3.05) is 18.1 Å². The molecule has 21 heavy (non-hydrogen) atoms. The van der Waals surface area contributed by atoms with Crippen LogP contribution in [0.2, 0.25) is 0 Å². The fourth-order valence-electron chi connectivity index (χ4n) is 1.96. The van der Waals surface area contributed by atoms with Crippen molar-refractivity contribution in [3.8, 4) is 0 Å². The van der Waals surface area contributed by atoms with E-state index in [1.165, 1.54) is 12.1 Å². The molecule has 0 saturated carbocycles. The molecule has 9 heteroatoms. The van der Waals surface area contributed by atoms with Gasteiger partial charge in [-0.2, -0.15) is 0 Å². The minimum absolute atomic E-state index is 0.0534. The number of carboxylic acids is 1. The van der Waals surface area contributed by atoms with Crippen LogP contribution in [0.4, 0.5) is 0 Å². The number of carbonyl (C=O) groups excluding carboxylic acids is 1. The summed E-state index contributed by atoms with van der Waals surface area (Å²) in [4.78, 5) is 22.7. The Labute approximate surface area is 124 Å². The molecule has 1 aliphatic rings. The predicted molar refractivity (Wildman–Crippen MR) is 75.2 cm³/mol. The zero-order valence-electron chi connectivity index (χ0n) is 11.1. The van der Waals surface area contributed by atoms with Gasteiger partial charge in [-0.05, 0) is 18.2 Å². The monoisotopic (exact) mass is 331 g/mol. The average Bonchev–Trinajstić information content (AvgIpc) is 2.63. The van der Waals surface area contributed by atoms with Gasteiger partial charge in [0.05, 0.1) is 11.1 Å². The standard InChI is InChI=1S/C12H13NO6S2/c1-2-20(17)6-5-13-11(14)9-4-3-8(12(15)16)7-10(9)21(13,18)19/h3-4,7H,2,5-6H2,1H3,(H,15,16). The van der Waals surface area contributed by atoms with Gasteiger partial charge < -0.3 is 5.11 Å². The van der Waals surface area contributed by atoms with Crippen molar-refractivity contribution in [2.45, 2.75) is 11.8 Å². The Kier molecular flexibility index (Phi) is 4.15. The third kappa shape index (κ3) is 2.70. The lowest BCUT2D eigenvalue weighted by atomic mass is 10.1. The summed E-state index contributed by atoms with van der Waals surface area (Å²) in [7, 11) is -5.27. The van der Waals surface area contributed by atoms with E-state index < -0.39 is 32.7 Å². The smallest absolute Gasteiger partial charge is 0.335 e. The van der Waals surface area contributed by atoms with Crippen molar-refractivity contribution in [3.63, 3.8) is 0 Å². The molecule has 0 spiro atoms. The maximum Gasteiger partial charge on any atom is 0.335 e. The predicted octanol–water partition coefficient (Wildman–Crippen LogP) is 0.298. The summed E-state index contributed by atoms with van der Waals surface area (Å²) < 4.78 is 36.6. The second kappa shape index (κ2) is 5.57. The lowest BCUT2D eigenvalue weighted by Crippen LogP contribution is -2.33. The molecule has 7 nitrogen and oxygen atoms in total. The Hall–Kier alpha value is -1.74. The van der Waals surface area contributed by atoms with Crippen LogP contribution in [0.3, 0.4) is 0 Å². The van der Waals surface area contributed by atoms with Crippen molar-refractivity contribution < 1.29 is 27.3 Å². The first-order valence-electron chi connectivity index (χ1n) is 6.08. The summed E-state index contributed by atoms with van der Waals surface area (Å²) in [5.41, 5.74) is -0.258. The number of nitrogens with zero attached hydrogens (tertiary/aromatic N) is 1. The molecule has 0 aromatic heterocycles. The molecule has 114 valence electrons. The molecule has 1 N–H and O–H groups in total. The Morgan fingerprint density at radius 3 is 2.62 bits per heavy atom. The first-order valence-corrected chi connectivity index (χ1v) is 9.01. The second-order valence-corrected chi connectivity index (χ2v) is 8.03. The zero-order valence-corrected chi connectivity index (χ0v) is 12.7. The summed E-state index contributed by atoms with van der Waals surface area (Å²) in [6.45, 7) is 1.52. The van der Waals surface area contributed by atoms with Gasteiger partial charge in [-0.15, -0.1) is 0 Å². The van der Waals surface area contributed by atoms with Crippen molar-refractivity contribution in [1.82, 2.24) is 4.31 Å². The van der Waals surface area contributed by atoms with Gasteiger partial charge in [-0.3, -0.25) is 9.00 Å². The molecule has 2 rings (SSSR count). The van der Waals surface area contributed by atoms with Crippen LogP contribution in [0.1, 0.15) is 27.6 Å². The van der Waals surface area contributed by atoms with Crippen LogP contribution >= 0.6 is 0 Å². The Bertz CT molecular complexity index is 740. The number of rotatable bonds is 5. The first-order chi connectivity index (χ1) is 9.78. The lowest BCUT2D eigenvalue weighted by Gasteiger charge is -2.14. The number of aromatic carboxylic acids is 1. The Balaban J connectivity index is 2.40.